The van der Waals surface area contributed by atoms with Crippen LogP contribution >= 0.6 is 0 Å². The summed E-state index contributed by atoms with van der Waals surface area (Å²) in [5, 5.41) is 1.96. The Kier molecular flexibility index (Phi) is 3.86. The maximum absolute atomic E-state index is 12.7. The van der Waals surface area contributed by atoms with E-state index < -0.39 is 9.84 Å². The minimum atomic E-state index is -3.39. The zero-order valence-electron chi connectivity index (χ0n) is 13.4. The highest BCUT2D eigenvalue weighted by Crippen LogP contribution is 2.22. The third-order valence-corrected chi connectivity index (χ3v) is 5.86. The van der Waals surface area contributed by atoms with Crippen LogP contribution in [0.15, 0.2) is 90.3 Å². The maximum Gasteiger partial charge on any atom is 0.182 e. The molecule has 0 aliphatic heterocycles. The van der Waals surface area contributed by atoms with Crippen molar-refractivity contribution in [2.45, 2.75) is 10.6 Å². The summed E-state index contributed by atoms with van der Waals surface area (Å²) in [4.78, 5) is 4.36. The number of fused-ring (bicyclic) bond motifs is 1. The number of rotatable bonds is 4. The second-order valence-corrected chi connectivity index (χ2v) is 7.89. The van der Waals surface area contributed by atoms with E-state index in [9.17, 15) is 8.42 Å². The van der Waals surface area contributed by atoms with Gasteiger partial charge in [-0.15, -0.1) is 0 Å². The van der Waals surface area contributed by atoms with Crippen molar-refractivity contribution in [2.75, 3.05) is 0 Å². The number of hydrogen-bond donors (Lipinski definition) is 0. The first-order valence-electron chi connectivity index (χ1n) is 7.91. The second kappa shape index (κ2) is 6.18. The fraction of sp³-hybridized carbons (Fsp3) is 0.0500. The molecule has 4 nitrogen and oxygen atoms in total. The van der Waals surface area contributed by atoms with Crippen LogP contribution in [0.25, 0.3) is 16.5 Å². The molecule has 0 saturated carbocycles. The van der Waals surface area contributed by atoms with E-state index in [1.165, 1.54) is 0 Å². The first-order chi connectivity index (χ1) is 12.1. The minimum absolute atomic E-state index is 0.0183. The number of nitrogens with zero attached hydrogens (tertiary/aromatic N) is 2. The van der Waals surface area contributed by atoms with Gasteiger partial charge in [-0.05, 0) is 40.6 Å². The van der Waals surface area contributed by atoms with E-state index in [1.54, 1.807) is 24.7 Å². The number of hydrogen-bond acceptors (Lipinski definition) is 3. The molecule has 1 aromatic heterocycles. The van der Waals surface area contributed by atoms with Crippen molar-refractivity contribution < 1.29 is 8.42 Å². The summed E-state index contributed by atoms with van der Waals surface area (Å²) in [7, 11) is -3.39. The molecule has 0 fully saturated rings. The molecule has 4 rings (SSSR count). The third-order valence-electron chi connectivity index (χ3n) is 4.18. The summed E-state index contributed by atoms with van der Waals surface area (Å²) >= 11 is 0. The quantitative estimate of drug-likeness (QED) is 0.560. The molecule has 0 radical (unpaired) electrons. The van der Waals surface area contributed by atoms with Crippen LogP contribution in [-0.2, 0) is 15.6 Å². The van der Waals surface area contributed by atoms with Gasteiger partial charge in [0.1, 0.15) is 0 Å². The molecule has 5 heteroatoms. The van der Waals surface area contributed by atoms with E-state index in [1.807, 2.05) is 65.4 Å². The lowest BCUT2D eigenvalue weighted by Gasteiger charge is -2.08. The van der Waals surface area contributed by atoms with Crippen LogP contribution in [0.5, 0.6) is 0 Å². The van der Waals surface area contributed by atoms with Gasteiger partial charge in [0.25, 0.3) is 0 Å². The molecular weight excluding hydrogens is 332 g/mol. The van der Waals surface area contributed by atoms with Crippen LogP contribution in [0.2, 0.25) is 0 Å². The average molecular weight is 348 g/mol. The first kappa shape index (κ1) is 15.6. The van der Waals surface area contributed by atoms with Gasteiger partial charge in [0.15, 0.2) is 9.84 Å². The van der Waals surface area contributed by atoms with Crippen LogP contribution in [0.1, 0.15) is 5.56 Å². The first-order valence-corrected chi connectivity index (χ1v) is 9.56. The smallest absolute Gasteiger partial charge is 0.182 e. The summed E-state index contributed by atoms with van der Waals surface area (Å²) in [6.07, 6.45) is 5.26. The lowest BCUT2D eigenvalue weighted by atomic mass is 10.1. The molecular formula is C20H16N2O2S. The van der Waals surface area contributed by atoms with Crippen molar-refractivity contribution in [3.63, 3.8) is 0 Å². The minimum Gasteiger partial charge on any atom is -0.306 e. The van der Waals surface area contributed by atoms with Gasteiger partial charge in [-0.2, -0.15) is 0 Å². The number of sulfone groups is 1. The molecule has 124 valence electrons. The SMILES string of the molecule is O=S(=O)(Cc1ccc(-n2ccnc2)cc1)c1ccc2ccccc2c1. The van der Waals surface area contributed by atoms with E-state index >= 15 is 0 Å². The van der Waals surface area contributed by atoms with Crippen molar-refractivity contribution in [3.05, 3.63) is 91.0 Å². The molecule has 0 bridgehead atoms. The molecule has 0 atom stereocenters. The standard InChI is InChI=1S/C20H16N2O2S/c23-25(24,20-10-7-17-3-1-2-4-18(17)13-20)14-16-5-8-19(9-6-16)22-12-11-21-15-22/h1-13,15H,14H2. The Balaban J connectivity index is 1.61. The topological polar surface area (TPSA) is 52.0 Å². The molecule has 0 N–H and O–H groups in total. The third kappa shape index (κ3) is 3.19. The van der Waals surface area contributed by atoms with Crippen LogP contribution in [0.4, 0.5) is 0 Å². The van der Waals surface area contributed by atoms with Gasteiger partial charge < -0.3 is 4.57 Å². The zero-order chi connectivity index (χ0) is 17.3. The Labute approximate surface area is 146 Å². The van der Waals surface area contributed by atoms with Gasteiger partial charge >= 0.3 is 0 Å². The van der Waals surface area contributed by atoms with E-state index in [2.05, 4.69) is 4.98 Å². The molecule has 0 spiro atoms. The predicted molar refractivity (Wildman–Crippen MR) is 98.4 cm³/mol. The number of imidazole rings is 1. The highest BCUT2D eigenvalue weighted by molar-refractivity contribution is 7.90. The van der Waals surface area contributed by atoms with Crippen molar-refractivity contribution in [1.29, 1.82) is 0 Å². The van der Waals surface area contributed by atoms with Crippen LogP contribution in [-0.4, -0.2) is 18.0 Å². The fourth-order valence-electron chi connectivity index (χ4n) is 2.84. The van der Waals surface area contributed by atoms with Gasteiger partial charge in [0.2, 0.25) is 0 Å². The summed E-state index contributed by atoms with van der Waals surface area (Å²) in [6.45, 7) is 0. The lowest BCUT2D eigenvalue weighted by Crippen LogP contribution is -2.05. The highest BCUT2D eigenvalue weighted by Gasteiger charge is 2.16. The maximum atomic E-state index is 12.7. The Morgan fingerprint density at radius 1 is 0.880 bits per heavy atom. The lowest BCUT2D eigenvalue weighted by molar-refractivity contribution is 0.595. The zero-order valence-corrected chi connectivity index (χ0v) is 14.2. The van der Waals surface area contributed by atoms with E-state index in [4.69, 9.17) is 0 Å². The van der Waals surface area contributed by atoms with Gasteiger partial charge in [-0.3, -0.25) is 0 Å². The normalized spacial score (nSPS) is 11.7. The molecule has 0 amide bonds. The molecule has 0 saturated heterocycles. The fourth-order valence-corrected chi connectivity index (χ4v) is 4.22. The van der Waals surface area contributed by atoms with Crippen LogP contribution < -0.4 is 0 Å². The largest absolute Gasteiger partial charge is 0.306 e. The van der Waals surface area contributed by atoms with Crippen LogP contribution in [0.3, 0.4) is 0 Å². The molecule has 4 aromatic rings. The van der Waals surface area contributed by atoms with Crippen molar-refractivity contribution in [1.82, 2.24) is 9.55 Å². The second-order valence-electron chi connectivity index (χ2n) is 5.90. The number of aromatic nitrogens is 2. The van der Waals surface area contributed by atoms with E-state index in [-0.39, 0.29) is 5.75 Å². The van der Waals surface area contributed by atoms with Crippen molar-refractivity contribution >= 4 is 20.6 Å². The Morgan fingerprint density at radius 3 is 2.36 bits per heavy atom. The van der Waals surface area contributed by atoms with E-state index in [0.29, 0.717) is 4.90 Å². The Hall–Kier alpha value is -2.92. The van der Waals surface area contributed by atoms with Gasteiger partial charge in [0, 0.05) is 18.1 Å². The molecule has 3 aromatic carbocycles. The van der Waals surface area contributed by atoms with Gasteiger partial charge in [-0.25, -0.2) is 13.4 Å². The summed E-state index contributed by atoms with van der Waals surface area (Å²) in [5.74, 6) is -0.0183. The summed E-state index contributed by atoms with van der Waals surface area (Å²) in [5.41, 5.74) is 1.71. The molecule has 1 heterocycles. The Bertz CT molecular complexity index is 1120. The average Bonchev–Trinajstić information content (AvgIpc) is 3.16. The number of benzene rings is 3. The molecule has 0 aliphatic carbocycles. The Morgan fingerprint density at radius 2 is 1.64 bits per heavy atom. The van der Waals surface area contributed by atoms with Gasteiger partial charge in [-0.1, -0.05) is 42.5 Å². The summed E-state index contributed by atoms with van der Waals surface area (Å²) in [6, 6.07) is 20.5. The molecule has 0 aliphatic rings. The van der Waals surface area contributed by atoms with Crippen molar-refractivity contribution in [3.8, 4) is 5.69 Å². The van der Waals surface area contributed by atoms with Gasteiger partial charge in [0.05, 0.1) is 17.0 Å². The van der Waals surface area contributed by atoms with E-state index in [0.717, 1.165) is 22.0 Å². The van der Waals surface area contributed by atoms with Crippen LogP contribution in [0, 0.1) is 0 Å². The molecule has 0 unspecified atom stereocenters. The monoisotopic (exact) mass is 348 g/mol. The summed E-state index contributed by atoms with van der Waals surface area (Å²) < 4.78 is 27.4. The molecule has 25 heavy (non-hydrogen) atoms. The predicted octanol–water partition coefficient (Wildman–Crippen LogP) is 4.00. The van der Waals surface area contributed by atoms with Crippen molar-refractivity contribution in [2.24, 2.45) is 0 Å². The highest BCUT2D eigenvalue weighted by atomic mass is 32.2.